The number of aliphatic carboxylic acids is 1. The Labute approximate surface area is 185 Å². The number of unbranched alkanes of at least 4 members (excludes halogenated alkanes) is 2. The lowest BCUT2D eigenvalue weighted by molar-refractivity contribution is -0.141. The Morgan fingerprint density at radius 1 is 1.19 bits per heavy atom. The number of ketones is 1. The molecule has 0 aliphatic heterocycles. The SMILES string of the molecule is CC(CCCCC[C@H]1C(=O)C[C@H](O)[C@@H]1C#CC(C)(O)CCCc1ccccc1)C(=O)O. The molecule has 5 nitrogen and oxygen atoms in total. The number of carboxylic acid groups (broad SMARTS) is 1. The molecule has 0 heterocycles. The van der Waals surface area contributed by atoms with Gasteiger partial charge in [0.1, 0.15) is 11.4 Å². The molecule has 31 heavy (non-hydrogen) atoms. The minimum Gasteiger partial charge on any atom is -0.481 e. The maximum absolute atomic E-state index is 12.3. The molecule has 0 aromatic heterocycles. The molecule has 1 fully saturated rings. The molecule has 1 aliphatic carbocycles. The molecule has 2 unspecified atom stereocenters. The first-order valence-electron chi connectivity index (χ1n) is 11.4. The van der Waals surface area contributed by atoms with E-state index < -0.39 is 23.6 Å². The van der Waals surface area contributed by atoms with Crippen LogP contribution in [0.5, 0.6) is 0 Å². The maximum Gasteiger partial charge on any atom is 0.306 e. The lowest BCUT2D eigenvalue weighted by atomic mass is 9.88. The van der Waals surface area contributed by atoms with E-state index in [1.807, 2.05) is 18.2 Å². The smallest absolute Gasteiger partial charge is 0.306 e. The van der Waals surface area contributed by atoms with Crippen LogP contribution in [-0.4, -0.2) is 38.8 Å². The normalized spacial score (nSPS) is 23.6. The summed E-state index contributed by atoms with van der Waals surface area (Å²) in [6.45, 7) is 3.39. The summed E-state index contributed by atoms with van der Waals surface area (Å²) in [5, 5.41) is 29.9. The largest absolute Gasteiger partial charge is 0.481 e. The maximum atomic E-state index is 12.3. The van der Waals surface area contributed by atoms with Gasteiger partial charge in [-0.3, -0.25) is 9.59 Å². The molecule has 1 saturated carbocycles. The molecule has 1 aliphatic rings. The van der Waals surface area contributed by atoms with Crippen LogP contribution in [0.3, 0.4) is 0 Å². The summed E-state index contributed by atoms with van der Waals surface area (Å²) in [5.41, 5.74) is 0.0679. The zero-order valence-electron chi connectivity index (χ0n) is 18.7. The number of rotatable bonds is 11. The van der Waals surface area contributed by atoms with E-state index in [4.69, 9.17) is 5.11 Å². The number of aliphatic hydroxyl groups is 2. The van der Waals surface area contributed by atoms with Crippen LogP contribution in [0.1, 0.15) is 70.8 Å². The van der Waals surface area contributed by atoms with Crippen molar-refractivity contribution in [3.05, 3.63) is 35.9 Å². The number of aryl methyl sites for hydroxylation is 1. The molecule has 3 N–H and O–H groups in total. The monoisotopic (exact) mass is 428 g/mol. The van der Waals surface area contributed by atoms with Gasteiger partial charge in [-0.15, -0.1) is 0 Å². The molecule has 5 atom stereocenters. The van der Waals surface area contributed by atoms with Gasteiger partial charge in [0.05, 0.1) is 17.9 Å². The molecule has 0 radical (unpaired) electrons. The fourth-order valence-corrected chi connectivity index (χ4v) is 4.19. The van der Waals surface area contributed by atoms with Crippen molar-refractivity contribution in [2.75, 3.05) is 0 Å². The molecule has 0 spiro atoms. The molecule has 170 valence electrons. The van der Waals surface area contributed by atoms with E-state index in [2.05, 4.69) is 24.0 Å². The zero-order chi connectivity index (χ0) is 22.9. The van der Waals surface area contributed by atoms with Gasteiger partial charge in [0.15, 0.2) is 0 Å². The number of benzene rings is 1. The summed E-state index contributed by atoms with van der Waals surface area (Å²) < 4.78 is 0. The number of hydrogen-bond donors (Lipinski definition) is 3. The van der Waals surface area contributed by atoms with Crippen LogP contribution in [0.15, 0.2) is 30.3 Å². The van der Waals surface area contributed by atoms with Gasteiger partial charge in [-0.2, -0.15) is 0 Å². The molecular weight excluding hydrogens is 392 g/mol. The van der Waals surface area contributed by atoms with E-state index in [-0.39, 0.29) is 24.0 Å². The van der Waals surface area contributed by atoms with Crippen LogP contribution in [-0.2, 0) is 16.0 Å². The lowest BCUT2D eigenvalue weighted by Gasteiger charge is -2.19. The molecule has 5 heteroatoms. The fourth-order valence-electron chi connectivity index (χ4n) is 4.19. The number of hydrogen-bond acceptors (Lipinski definition) is 4. The Hall–Kier alpha value is -2.16. The van der Waals surface area contributed by atoms with E-state index in [1.165, 1.54) is 5.56 Å². The molecule has 0 bridgehead atoms. The van der Waals surface area contributed by atoms with Crippen LogP contribution in [0.2, 0.25) is 0 Å². The Bertz CT molecular complexity index is 774. The third kappa shape index (κ3) is 8.47. The average Bonchev–Trinajstić information content (AvgIpc) is 2.99. The van der Waals surface area contributed by atoms with E-state index >= 15 is 0 Å². The van der Waals surface area contributed by atoms with Crippen molar-refractivity contribution >= 4 is 11.8 Å². The van der Waals surface area contributed by atoms with Crippen molar-refractivity contribution in [1.29, 1.82) is 0 Å². The number of Topliss-reactive ketones (excluding diaryl/α,β-unsaturated/α-hetero) is 1. The van der Waals surface area contributed by atoms with Crippen molar-refractivity contribution in [2.24, 2.45) is 17.8 Å². The molecule has 1 aromatic carbocycles. The van der Waals surface area contributed by atoms with Gasteiger partial charge in [-0.05, 0) is 44.6 Å². The number of carboxylic acids is 1. The molecular formula is C26H36O5. The van der Waals surface area contributed by atoms with Crippen molar-refractivity contribution in [1.82, 2.24) is 0 Å². The highest BCUT2D eigenvalue weighted by Crippen LogP contribution is 2.33. The highest BCUT2D eigenvalue weighted by atomic mass is 16.4. The Balaban J connectivity index is 1.84. The standard InChI is InChI=1S/C26H36O5/c1-19(25(29)30)10-5-3-8-14-21-22(24(28)18-23(21)27)15-17-26(2,31)16-9-13-20-11-6-4-7-12-20/h4,6-7,11-12,19,21-22,24,28,31H,3,5,8-10,13-14,16,18H2,1-2H3,(H,29,30)/t19?,21-,22-,24+,26?/m1/s1. The summed E-state index contributed by atoms with van der Waals surface area (Å²) in [6.07, 6.45) is 5.28. The number of aliphatic hydroxyl groups excluding tert-OH is 1. The van der Waals surface area contributed by atoms with Crippen molar-refractivity contribution in [3.63, 3.8) is 0 Å². The van der Waals surface area contributed by atoms with E-state index in [1.54, 1.807) is 13.8 Å². The summed E-state index contributed by atoms with van der Waals surface area (Å²) in [5.74, 6) is 4.12. The predicted octanol–water partition coefficient (Wildman–Crippen LogP) is 4.00. The summed E-state index contributed by atoms with van der Waals surface area (Å²) in [4.78, 5) is 23.2. The summed E-state index contributed by atoms with van der Waals surface area (Å²) in [6, 6.07) is 10.1. The second-order valence-corrected chi connectivity index (χ2v) is 9.13. The van der Waals surface area contributed by atoms with Crippen molar-refractivity contribution in [2.45, 2.75) is 83.3 Å². The van der Waals surface area contributed by atoms with Gasteiger partial charge >= 0.3 is 5.97 Å². The quantitative estimate of drug-likeness (QED) is 0.366. The fraction of sp³-hybridized carbons (Fsp3) is 0.615. The number of carbonyl (C=O) groups is 2. The first-order chi connectivity index (χ1) is 14.7. The van der Waals surface area contributed by atoms with Gasteiger partial charge < -0.3 is 15.3 Å². The summed E-state index contributed by atoms with van der Waals surface area (Å²) >= 11 is 0. The molecule has 1 aromatic rings. The van der Waals surface area contributed by atoms with E-state index in [0.29, 0.717) is 19.3 Å². The van der Waals surface area contributed by atoms with Crippen molar-refractivity contribution in [3.8, 4) is 11.8 Å². The third-order valence-electron chi connectivity index (χ3n) is 6.23. The van der Waals surface area contributed by atoms with Crippen LogP contribution < -0.4 is 0 Å². The Morgan fingerprint density at radius 2 is 1.90 bits per heavy atom. The topological polar surface area (TPSA) is 94.8 Å². The Kier molecular flexibility index (Phi) is 9.74. The van der Waals surface area contributed by atoms with Gasteiger partial charge in [0.2, 0.25) is 0 Å². The predicted molar refractivity (Wildman–Crippen MR) is 120 cm³/mol. The van der Waals surface area contributed by atoms with Crippen LogP contribution in [0, 0.1) is 29.6 Å². The highest BCUT2D eigenvalue weighted by Gasteiger charge is 2.40. The molecule has 0 amide bonds. The molecule has 0 saturated heterocycles. The average molecular weight is 429 g/mol. The second kappa shape index (κ2) is 12.0. The lowest BCUT2D eigenvalue weighted by Crippen LogP contribution is -2.24. The second-order valence-electron chi connectivity index (χ2n) is 9.13. The van der Waals surface area contributed by atoms with Crippen LogP contribution in [0.25, 0.3) is 0 Å². The minimum absolute atomic E-state index is 0.0365. The molecule has 2 rings (SSSR count). The first kappa shape index (κ1) is 25.1. The van der Waals surface area contributed by atoms with Gasteiger partial charge in [-0.25, -0.2) is 0 Å². The first-order valence-corrected chi connectivity index (χ1v) is 11.4. The van der Waals surface area contributed by atoms with E-state index in [9.17, 15) is 19.8 Å². The zero-order valence-corrected chi connectivity index (χ0v) is 18.7. The van der Waals surface area contributed by atoms with Gasteiger partial charge in [0, 0.05) is 12.3 Å². The third-order valence-corrected chi connectivity index (χ3v) is 6.23. The van der Waals surface area contributed by atoms with Gasteiger partial charge in [-0.1, -0.05) is 68.4 Å². The van der Waals surface area contributed by atoms with Crippen molar-refractivity contribution < 1.29 is 24.9 Å². The van der Waals surface area contributed by atoms with E-state index in [0.717, 1.165) is 32.1 Å². The van der Waals surface area contributed by atoms with Gasteiger partial charge in [0.25, 0.3) is 0 Å². The number of carbonyl (C=O) groups excluding carboxylic acids is 1. The Morgan fingerprint density at radius 3 is 2.58 bits per heavy atom. The minimum atomic E-state index is -1.16. The highest BCUT2D eigenvalue weighted by molar-refractivity contribution is 5.85. The van der Waals surface area contributed by atoms with Crippen LogP contribution >= 0.6 is 0 Å². The summed E-state index contributed by atoms with van der Waals surface area (Å²) in [7, 11) is 0. The van der Waals surface area contributed by atoms with Crippen LogP contribution in [0.4, 0.5) is 0 Å².